The Labute approximate surface area is 165 Å². The van der Waals surface area contributed by atoms with E-state index in [0.717, 1.165) is 10.2 Å². The first-order valence-corrected chi connectivity index (χ1v) is 9.61. The molecule has 2 heterocycles. The van der Waals surface area contributed by atoms with E-state index in [1.165, 1.54) is 6.07 Å². The summed E-state index contributed by atoms with van der Waals surface area (Å²) < 4.78 is 8.37. The maximum atomic E-state index is 12.7. The molecule has 0 aliphatic carbocycles. The lowest BCUT2D eigenvalue weighted by Gasteiger charge is -2.32. The van der Waals surface area contributed by atoms with E-state index in [1.54, 1.807) is 28.6 Å². The number of likely N-dealkylation sites (tertiary alicyclic amines) is 1. The molecular formula is C19H20BrClN2O3. The van der Waals surface area contributed by atoms with Crippen molar-refractivity contribution in [3.05, 3.63) is 61.4 Å². The third-order valence-corrected chi connectivity index (χ3v) is 5.49. The highest BCUT2D eigenvalue weighted by molar-refractivity contribution is 9.10. The standard InChI is InChI=1S/C19H20BrClN2O3/c1-12-9-15(11-18(24)22(12)2)26-14-5-7-23(8-6-14)19(25)16-10-13(20)3-4-17(16)21/h3-4,9-11,14H,5-8H2,1-2H3. The van der Waals surface area contributed by atoms with E-state index >= 15 is 0 Å². The SMILES string of the molecule is Cc1cc(OC2CCN(C(=O)c3cc(Br)ccc3Cl)CC2)cc(=O)n1C. The molecule has 138 valence electrons. The lowest BCUT2D eigenvalue weighted by Crippen LogP contribution is -2.42. The van der Waals surface area contributed by atoms with Gasteiger partial charge in [-0.3, -0.25) is 9.59 Å². The zero-order valence-electron chi connectivity index (χ0n) is 14.7. The molecule has 1 fully saturated rings. The fourth-order valence-corrected chi connectivity index (χ4v) is 3.57. The molecule has 3 rings (SSSR count). The molecule has 5 nitrogen and oxygen atoms in total. The van der Waals surface area contributed by atoms with Crippen LogP contribution in [0, 0.1) is 6.92 Å². The quantitative estimate of drug-likeness (QED) is 0.731. The van der Waals surface area contributed by atoms with Crippen LogP contribution in [0.15, 0.2) is 39.6 Å². The molecule has 2 aromatic rings. The number of benzene rings is 1. The number of piperidine rings is 1. The van der Waals surface area contributed by atoms with Crippen LogP contribution < -0.4 is 10.3 Å². The van der Waals surface area contributed by atoms with Gasteiger partial charge in [0, 0.05) is 49.2 Å². The van der Waals surface area contributed by atoms with E-state index in [2.05, 4.69) is 15.9 Å². The summed E-state index contributed by atoms with van der Waals surface area (Å²) in [5.74, 6) is 0.518. The van der Waals surface area contributed by atoms with Crippen molar-refractivity contribution in [1.82, 2.24) is 9.47 Å². The van der Waals surface area contributed by atoms with Crippen LogP contribution in [0.2, 0.25) is 5.02 Å². The molecule has 1 aliphatic rings. The number of amides is 1. The minimum Gasteiger partial charge on any atom is -0.490 e. The summed E-state index contributed by atoms with van der Waals surface area (Å²) in [6.45, 7) is 3.06. The zero-order chi connectivity index (χ0) is 18.8. The number of carbonyl (C=O) groups is 1. The summed E-state index contributed by atoms with van der Waals surface area (Å²) in [5.41, 5.74) is 1.27. The largest absolute Gasteiger partial charge is 0.490 e. The van der Waals surface area contributed by atoms with Gasteiger partial charge in [-0.05, 0) is 31.2 Å². The van der Waals surface area contributed by atoms with Crippen LogP contribution in [-0.4, -0.2) is 34.6 Å². The summed E-state index contributed by atoms with van der Waals surface area (Å²) in [4.78, 5) is 26.4. The van der Waals surface area contributed by atoms with E-state index in [0.29, 0.717) is 42.3 Å². The molecule has 1 amide bonds. The fraction of sp³-hybridized carbons (Fsp3) is 0.368. The van der Waals surface area contributed by atoms with Gasteiger partial charge < -0.3 is 14.2 Å². The minimum atomic E-state index is -0.0862. The molecule has 1 aromatic carbocycles. The number of hydrogen-bond acceptors (Lipinski definition) is 3. The van der Waals surface area contributed by atoms with Crippen LogP contribution in [0.4, 0.5) is 0 Å². The number of halogens is 2. The summed E-state index contributed by atoms with van der Waals surface area (Å²) in [7, 11) is 1.73. The van der Waals surface area contributed by atoms with Gasteiger partial charge in [-0.15, -0.1) is 0 Å². The van der Waals surface area contributed by atoms with Crippen molar-refractivity contribution in [2.24, 2.45) is 7.05 Å². The number of nitrogens with zero attached hydrogens (tertiary/aromatic N) is 2. The molecule has 0 radical (unpaired) electrons. The summed E-state index contributed by atoms with van der Waals surface area (Å²) in [6, 6.07) is 8.64. The second-order valence-electron chi connectivity index (χ2n) is 6.46. The van der Waals surface area contributed by atoms with Gasteiger partial charge in [0.1, 0.15) is 11.9 Å². The van der Waals surface area contributed by atoms with Gasteiger partial charge >= 0.3 is 0 Å². The Kier molecular flexibility index (Phi) is 5.73. The third-order valence-electron chi connectivity index (χ3n) is 4.67. The lowest BCUT2D eigenvalue weighted by atomic mass is 10.1. The predicted octanol–water partition coefficient (Wildman–Crippen LogP) is 3.79. The predicted molar refractivity (Wildman–Crippen MR) is 105 cm³/mol. The van der Waals surface area contributed by atoms with Crippen molar-refractivity contribution in [3.63, 3.8) is 0 Å². The number of ether oxygens (including phenoxy) is 1. The van der Waals surface area contributed by atoms with Gasteiger partial charge in [0.05, 0.1) is 10.6 Å². The number of hydrogen-bond donors (Lipinski definition) is 0. The van der Waals surface area contributed by atoms with E-state index in [9.17, 15) is 9.59 Å². The highest BCUT2D eigenvalue weighted by Gasteiger charge is 2.26. The highest BCUT2D eigenvalue weighted by Crippen LogP contribution is 2.25. The van der Waals surface area contributed by atoms with E-state index in [-0.39, 0.29) is 17.6 Å². The van der Waals surface area contributed by atoms with Crippen LogP contribution in [0.5, 0.6) is 5.75 Å². The monoisotopic (exact) mass is 438 g/mol. The molecule has 0 unspecified atom stereocenters. The van der Waals surface area contributed by atoms with E-state index in [4.69, 9.17) is 16.3 Å². The number of aromatic nitrogens is 1. The van der Waals surface area contributed by atoms with Crippen molar-refractivity contribution in [2.75, 3.05) is 13.1 Å². The van der Waals surface area contributed by atoms with Gasteiger partial charge in [-0.2, -0.15) is 0 Å². The van der Waals surface area contributed by atoms with E-state index < -0.39 is 0 Å². The average Bonchev–Trinajstić information content (AvgIpc) is 2.62. The van der Waals surface area contributed by atoms with Crippen LogP contribution >= 0.6 is 27.5 Å². The Morgan fingerprint density at radius 3 is 2.58 bits per heavy atom. The van der Waals surface area contributed by atoms with Crippen LogP contribution in [0.3, 0.4) is 0 Å². The fourth-order valence-electron chi connectivity index (χ4n) is 3.01. The molecule has 1 aromatic heterocycles. The average molecular weight is 440 g/mol. The molecule has 26 heavy (non-hydrogen) atoms. The van der Waals surface area contributed by atoms with Crippen LogP contribution in [0.25, 0.3) is 0 Å². The van der Waals surface area contributed by atoms with Crippen molar-refractivity contribution in [3.8, 4) is 5.75 Å². The zero-order valence-corrected chi connectivity index (χ0v) is 17.0. The maximum absolute atomic E-state index is 12.7. The van der Waals surface area contributed by atoms with E-state index in [1.807, 2.05) is 19.1 Å². The van der Waals surface area contributed by atoms with Gasteiger partial charge in [0.25, 0.3) is 11.5 Å². The van der Waals surface area contributed by atoms with Crippen molar-refractivity contribution >= 4 is 33.4 Å². The van der Waals surface area contributed by atoms with Crippen LogP contribution in [-0.2, 0) is 7.05 Å². The van der Waals surface area contributed by atoms with Crippen molar-refractivity contribution in [1.29, 1.82) is 0 Å². The smallest absolute Gasteiger partial charge is 0.255 e. The molecule has 0 atom stereocenters. The number of carbonyl (C=O) groups excluding carboxylic acids is 1. The molecule has 1 saturated heterocycles. The Morgan fingerprint density at radius 2 is 1.92 bits per heavy atom. The highest BCUT2D eigenvalue weighted by atomic mass is 79.9. The summed E-state index contributed by atoms with van der Waals surface area (Å²) >= 11 is 9.54. The second-order valence-corrected chi connectivity index (χ2v) is 7.79. The summed E-state index contributed by atoms with van der Waals surface area (Å²) in [5, 5.41) is 0.451. The van der Waals surface area contributed by atoms with Gasteiger partial charge in [0.15, 0.2) is 0 Å². The third kappa shape index (κ3) is 4.13. The van der Waals surface area contributed by atoms with Crippen molar-refractivity contribution < 1.29 is 9.53 Å². The Balaban J connectivity index is 1.63. The molecule has 1 aliphatic heterocycles. The Hall–Kier alpha value is -1.79. The lowest BCUT2D eigenvalue weighted by molar-refractivity contribution is 0.0595. The molecule has 0 bridgehead atoms. The number of pyridine rings is 1. The van der Waals surface area contributed by atoms with Gasteiger partial charge in [0.2, 0.25) is 0 Å². The molecule has 0 spiro atoms. The summed E-state index contributed by atoms with van der Waals surface area (Å²) in [6.07, 6.45) is 1.42. The molecule has 0 saturated carbocycles. The second kappa shape index (κ2) is 7.84. The van der Waals surface area contributed by atoms with Gasteiger partial charge in [-0.25, -0.2) is 0 Å². The molecule has 7 heteroatoms. The van der Waals surface area contributed by atoms with Crippen LogP contribution in [0.1, 0.15) is 28.9 Å². The first-order valence-electron chi connectivity index (χ1n) is 8.44. The maximum Gasteiger partial charge on any atom is 0.255 e. The Bertz CT molecular complexity index is 889. The first-order chi connectivity index (χ1) is 12.3. The number of aryl methyl sites for hydroxylation is 1. The Morgan fingerprint density at radius 1 is 1.23 bits per heavy atom. The van der Waals surface area contributed by atoms with Crippen molar-refractivity contribution in [2.45, 2.75) is 25.9 Å². The normalized spacial score (nSPS) is 15.2. The minimum absolute atomic E-state index is 0.0106. The topological polar surface area (TPSA) is 51.5 Å². The van der Waals surface area contributed by atoms with Gasteiger partial charge in [-0.1, -0.05) is 27.5 Å². The first kappa shape index (κ1) is 19.0. The molecular weight excluding hydrogens is 420 g/mol. The number of rotatable bonds is 3. The molecule has 0 N–H and O–H groups in total.